The van der Waals surface area contributed by atoms with Crippen LogP contribution in [0.2, 0.25) is 0 Å². The molecule has 4 rings (SSSR count). The van der Waals surface area contributed by atoms with Crippen LogP contribution in [-0.2, 0) is 11.2 Å². The summed E-state index contributed by atoms with van der Waals surface area (Å²) in [6.45, 7) is 0. The maximum Gasteiger partial charge on any atom is 0.229 e. The smallest absolute Gasteiger partial charge is 0.229 e. The van der Waals surface area contributed by atoms with Gasteiger partial charge in [-0.2, -0.15) is 0 Å². The third-order valence-electron chi connectivity index (χ3n) is 3.45. The second kappa shape index (κ2) is 5.98. The number of imidazole rings is 1. The van der Waals surface area contributed by atoms with E-state index in [1.807, 2.05) is 64.0 Å². The van der Waals surface area contributed by atoms with Crippen LogP contribution >= 0.6 is 22.7 Å². The lowest BCUT2D eigenvalue weighted by molar-refractivity contribution is -0.115. The quantitative estimate of drug-likeness (QED) is 0.602. The molecule has 1 aromatic carbocycles. The van der Waals surface area contributed by atoms with E-state index in [0.29, 0.717) is 6.42 Å². The van der Waals surface area contributed by atoms with E-state index < -0.39 is 0 Å². The molecule has 0 aliphatic rings. The molecule has 0 aliphatic carbocycles. The maximum atomic E-state index is 12.1. The Hall–Kier alpha value is -2.44. The first-order valence-electron chi connectivity index (χ1n) is 7.13. The fraction of sp³-hybridized carbons (Fsp3) is 0.0588. The average Bonchev–Trinajstić information content (AvgIpc) is 3.23. The number of aromatic nitrogens is 2. The number of carbonyl (C=O) groups is 1. The van der Waals surface area contributed by atoms with Crippen LogP contribution in [-0.4, -0.2) is 15.3 Å². The van der Waals surface area contributed by atoms with Crippen LogP contribution in [0.1, 0.15) is 4.88 Å². The lowest BCUT2D eigenvalue weighted by atomic mass is 10.1. The van der Waals surface area contributed by atoms with E-state index in [1.165, 1.54) is 0 Å². The molecule has 0 bridgehead atoms. The van der Waals surface area contributed by atoms with Gasteiger partial charge in [0.2, 0.25) is 5.91 Å². The van der Waals surface area contributed by atoms with Crippen LogP contribution in [0.15, 0.2) is 59.6 Å². The van der Waals surface area contributed by atoms with Crippen molar-refractivity contribution >= 4 is 39.2 Å². The molecule has 3 heterocycles. The molecule has 1 N–H and O–H groups in total. The number of amides is 1. The Morgan fingerprint density at radius 3 is 2.96 bits per heavy atom. The highest BCUT2D eigenvalue weighted by atomic mass is 32.1. The zero-order valence-electron chi connectivity index (χ0n) is 12.1. The molecule has 0 spiro atoms. The zero-order chi connectivity index (χ0) is 15.6. The summed E-state index contributed by atoms with van der Waals surface area (Å²) < 4.78 is 2.00. The molecule has 4 aromatic rings. The second-order valence-electron chi connectivity index (χ2n) is 5.10. The van der Waals surface area contributed by atoms with Crippen molar-refractivity contribution in [3.05, 3.63) is 64.4 Å². The predicted octanol–water partition coefficient (Wildman–Crippen LogP) is 4.31. The molecule has 0 radical (unpaired) electrons. The second-order valence-corrected chi connectivity index (χ2v) is 7.01. The Morgan fingerprint density at radius 1 is 1.17 bits per heavy atom. The van der Waals surface area contributed by atoms with Gasteiger partial charge in [0.15, 0.2) is 4.96 Å². The van der Waals surface area contributed by atoms with Gasteiger partial charge in [-0.25, -0.2) is 4.98 Å². The van der Waals surface area contributed by atoms with Crippen molar-refractivity contribution in [3.8, 4) is 11.3 Å². The molecule has 0 saturated carbocycles. The maximum absolute atomic E-state index is 12.1. The number of benzene rings is 1. The number of anilines is 1. The highest BCUT2D eigenvalue weighted by molar-refractivity contribution is 7.15. The Bertz CT molecular complexity index is 925. The minimum atomic E-state index is -0.00424. The molecule has 4 nitrogen and oxygen atoms in total. The number of rotatable bonds is 4. The average molecular weight is 339 g/mol. The summed E-state index contributed by atoms with van der Waals surface area (Å²) in [5.74, 6) is -0.00424. The summed E-state index contributed by atoms with van der Waals surface area (Å²) in [5, 5.41) is 6.94. The standard InChI is InChI=1S/C17H13N3OS2/c21-16(10-14-5-2-7-22-14)18-13-4-1-3-12(9-13)15-11-20-6-8-23-17(20)19-15/h1-9,11H,10H2,(H,18,21). The van der Waals surface area contributed by atoms with Crippen molar-refractivity contribution in [1.82, 2.24) is 9.38 Å². The SMILES string of the molecule is O=C(Cc1cccs1)Nc1cccc(-c2cn3ccsc3n2)c1. The molecule has 0 aliphatic heterocycles. The lowest BCUT2D eigenvalue weighted by Gasteiger charge is -2.06. The van der Waals surface area contributed by atoms with Gasteiger partial charge in [0.1, 0.15) is 0 Å². The van der Waals surface area contributed by atoms with Crippen molar-refractivity contribution in [3.63, 3.8) is 0 Å². The highest BCUT2D eigenvalue weighted by Gasteiger charge is 2.08. The molecule has 3 aromatic heterocycles. The summed E-state index contributed by atoms with van der Waals surface area (Å²) in [4.78, 5) is 18.7. The van der Waals surface area contributed by atoms with Crippen LogP contribution in [0.4, 0.5) is 5.69 Å². The first-order valence-corrected chi connectivity index (χ1v) is 8.89. The number of hydrogen-bond donors (Lipinski definition) is 1. The van der Waals surface area contributed by atoms with Crippen LogP contribution in [0, 0.1) is 0 Å². The zero-order valence-corrected chi connectivity index (χ0v) is 13.7. The third kappa shape index (κ3) is 3.04. The number of hydrogen-bond acceptors (Lipinski definition) is 4. The molecule has 23 heavy (non-hydrogen) atoms. The molecule has 1 amide bonds. The minimum absolute atomic E-state index is 0.00424. The number of nitrogens with one attached hydrogen (secondary N) is 1. The van der Waals surface area contributed by atoms with E-state index in [1.54, 1.807) is 22.7 Å². The number of thiophene rings is 1. The molecule has 0 fully saturated rings. The molecule has 0 saturated heterocycles. The predicted molar refractivity (Wildman–Crippen MR) is 95.2 cm³/mol. The van der Waals surface area contributed by atoms with Gasteiger partial charge in [-0.15, -0.1) is 22.7 Å². The fourth-order valence-corrected chi connectivity index (χ4v) is 3.80. The van der Waals surface area contributed by atoms with Gasteiger partial charge in [0.05, 0.1) is 12.1 Å². The van der Waals surface area contributed by atoms with E-state index in [9.17, 15) is 4.79 Å². The largest absolute Gasteiger partial charge is 0.326 e. The minimum Gasteiger partial charge on any atom is -0.326 e. The summed E-state index contributed by atoms with van der Waals surface area (Å²) in [6.07, 6.45) is 4.39. The summed E-state index contributed by atoms with van der Waals surface area (Å²) in [7, 11) is 0. The normalized spacial score (nSPS) is 11.0. The van der Waals surface area contributed by atoms with Crippen molar-refractivity contribution in [2.24, 2.45) is 0 Å². The first-order chi connectivity index (χ1) is 11.3. The molecular weight excluding hydrogens is 326 g/mol. The topological polar surface area (TPSA) is 46.4 Å². The summed E-state index contributed by atoms with van der Waals surface area (Å²) >= 11 is 3.20. The summed E-state index contributed by atoms with van der Waals surface area (Å²) in [5.41, 5.74) is 2.70. The molecule has 114 valence electrons. The van der Waals surface area contributed by atoms with Gasteiger partial charge in [-0.05, 0) is 23.6 Å². The fourth-order valence-electron chi connectivity index (χ4n) is 2.40. The van der Waals surface area contributed by atoms with Gasteiger partial charge < -0.3 is 5.32 Å². The van der Waals surface area contributed by atoms with E-state index in [2.05, 4.69) is 10.3 Å². The lowest BCUT2D eigenvalue weighted by Crippen LogP contribution is -2.13. The number of nitrogens with zero attached hydrogens (tertiary/aromatic N) is 2. The van der Waals surface area contributed by atoms with Gasteiger partial charge >= 0.3 is 0 Å². The van der Waals surface area contributed by atoms with Crippen molar-refractivity contribution in [1.29, 1.82) is 0 Å². The van der Waals surface area contributed by atoms with Gasteiger partial charge in [-0.1, -0.05) is 18.2 Å². The van der Waals surface area contributed by atoms with Gasteiger partial charge in [0.25, 0.3) is 0 Å². The van der Waals surface area contributed by atoms with Gasteiger partial charge in [0, 0.05) is 33.9 Å². The third-order valence-corrected chi connectivity index (χ3v) is 5.10. The van der Waals surface area contributed by atoms with E-state index in [0.717, 1.165) is 26.8 Å². The Morgan fingerprint density at radius 2 is 2.13 bits per heavy atom. The van der Waals surface area contributed by atoms with E-state index >= 15 is 0 Å². The summed E-state index contributed by atoms with van der Waals surface area (Å²) in [6, 6.07) is 11.7. The Balaban J connectivity index is 1.54. The Kier molecular flexibility index (Phi) is 3.69. The van der Waals surface area contributed by atoms with Crippen molar-refractivity contribution in [2.45, 2.75) is 6.42 Å². The Labute approximate surface area is 141 Å². The van der Waals surface area contributed by atoms with E-state index in [-0.39, 0.29) is 5.91 Å². The number of fused-ring (bicyclic) bond motifs is 1. The first kappa shape index (κ1) is 14.2. The van der Waals surface area contributed by atoms with Crippen molar-refractivity contribution < 1.29 is 4.79 Å². The molecule has 0 atom stereocenters. The van der Waals surface area contributed by atoms with Crippen molar-refractivity contribution in [2.75, 3.05) is 5.32 Å². The van der Waals surface area contributed by atoms with Gasteiger partial charge in [-0.3, -0.25) is 9.20 Å². The molecule has 0 unspecified atom stereocenters. The van der Waals surface area contributed by atoms with Crippen LogP contribution in [0.25, 0.3) is 16.2 Å². The number of carbonyl (C=O) groups excluding carboxylic acids is 1. The molecule has 6 heteroatoms. The van der Waals surface area contributed by atoms with E-state index in [4.69, 9.17) is 0 Å². The monoisotopic (exact) mass is 339 g/mol. The van der Waals surface area contributed by atoms with Crippen LogP contribution in [0.5, 0.6) is 0 Å². The highest BCUT2D eigenvalue weighted by Crippen LogP contribution is 2.24. The number of thiazole rings is 1. The van der Waals surface area contributed by atoms with Crippen LogP contribution in [0.3, 0.4) is 0 Å². The van der Waals surface area contributed by atoms with Crippen LogP contribution < -0.4 is 5.32 Å². The molecular formula is C17H13N3OS2.